The molecular weight excluding hydrogens is 236 g/mol. The molecule has 0 amide bonds. The lowest BCUT2D eigenvalue weighted by atomic mass is 9.97. The zero-order valence-corrected chi connectivity index (χ0v) is 10.5. The number of aliphatic hydroxyl groups is 1. The van der Waals surface area contributed by atoms with Crippen molar-refractivity contribution in [1.29, 1.82) is 0 Å². The van der Waals surface area contributed by atoms with Gasteiger partial charge in [0.2, 0.25) is 0 Å². The Kier molecular flexibility index (Phi) is 3.54. The highest BCUT2D eigenvalue weighted by Gasteiger charge is 2.24. The summed E-state index contributed by atoms with van der Waals surface area (Å²) in [7, 11) is 0. The minimum atomic E-state index is -0.213. The summed E-state index contributed by atoms with van der Waals surface area (Å²) in [6, 6.07) is 0. The second-order valence-corrected chi connectivity index (χ2v) is 4.84. The molecule has 5 nitrogen and oxygen atoms in total. The van der Waals surface area contributed by atoms with Gasteiger partial charge in [0.05, 0.1) is 18.5 Å². The molecule has 0 aliphatic carbocycles. The van der Waals surface area contributed by atoms with Gasteiger partial charge in [-0.15, -0.1) is 0 Å². The fraction of sp³-hybridized carbons (Fsp3) is 0.545. The summed E-state index contributed by atoms with van der Waals surface area (Å²) in [5.74, 6) is 1.06. The minimum Gasteiger partial charge on any atom is -0.393 e. The molecule has 1 aliphatic heterocycles. The topological polar surface area (TPSA) is 75.3 Å². The van der Waals surface area contributed by atoms with Gasteiger partial charge in [-0.2, -0.15) is 0 Å². The summed E-state index contributed by atoms with van der Waals surface area (Å²) in [6.45, 7) is 3.63. The summed E-state index contributed by atoms with van der Waals surface area (Å²) in [6.07, 6.45) is 3.82. The van der Waals surface area contributed by atoms with Gasteiger partial charge in [0, 0.05) is 13.1 Å². The third kappa shape index (κ3) is 2.70. The van der Waals surface area contributed by atoms with E-state index in [2.05, 4.69) is 14.9 Å². The lowest BCUT2D eigenvalue weighted by Gasteiger charge is -2.34. The Morgan fingerprint density at radius 3 is 2.82 bits per heavy atom. The monoisotopic (exact) mass is 252 g/mol. The predicted octanol–water partition coefficient (Wildman–Crippen LogP) is 0.318. The van der Waals surface area contributed by atoms with Crippen molar-refractivity contribution in [2.75, 3.05) is 18.0 Å². The zero-order chi connectivity index (χ0) is 12.4. The maximum Gasteiger partial charge on any atom is 0.147 e. The SMILES string of the molecule is CC1CN(c2cnc(C(N)=S)cn2)CCC1O. The third-order valence-corrected chi connectivity index (χ3v) is 3.28. The number of nitrogens with zero attached hydrogens (tertiary/aromatic N) is 3. The fourth-order valence-electron chi connectivity index (χ4n) is 1.95. The van der Waals surface area contributed by atoms with E-state index in [1.54, 1.807) is 12.4 Å². The molecule has 0 aromatic carbocycles. The molecule has 92 valence electrons. The smallest absolute Gasteiger partial charge is 0.147 e. The maximum absolute atomic E-state index is 9.66. The first-order chi connectivity index (χ1) is 8.08. The van der Waals surface area contributed by atoms with E-state index < -0.39 is 0 Å². The van der Waals surface area contributed by atoms with Gasteiger partial charge in [-0.05, 0) is 12.3 Å². The molecule has 1 fully saturated rings. The van der Waals surface area contributed by atoms with Crippen molar-refractivity contribution in [2.45, 2.75) is 19.4 Å². The number of nitrogens with two attached hydrogens (primary N) is 1. The summed E-state index contributed by atoms with van der Waals surface area (Å²) in [4.78, 5) is 10.8. The lowest BCUT2D eigenvalue weighted by molar-refractivity contribution is 0.0968. The highest BCUT2D eigenvalue weighted by molar-refractivity contribution is 7.80. The summed E-state index contributed by atoms with van der Waals surface area (Å²) >= 11 is 4.82. The van der Waals surface area contributed by atoms with Crippen LogP contribution in [-0.4, -0.2) is 39.3 Å². The van der Waals surface area contributed by atoms with Crippen molar-refractivity contribution in [3.8, 4) is 0 Å². The van der Waals surface area contributed by atoms with Crippen molar-refractivity contribution in [2.24, 2.45) is 11.7 Å². The van der Waals surface area contributed by atoms with Crippen LogP contribution in [0.1, 0.15) is 19.0 Å². The van der Waals surface area contributed by atoms with Crippen molar-refractivity contribution in [3.63, 3.8) is 0 Å². The Morgan fingerprint density at radius 2 is 2.29 bits per heavy atom. The Balaban J connectivity index is 2.10. The van der Waals surface area contributed by atoms with E-state index in [1.807, 2.05) is 6.92 Å². The van der Waals surface area contributed by atoms with Gasteiger partial charge in [-0.25, -0.2) is 9.97 Å². The number of thiocarbonyl (C=S) groups is 1. The number of rotatable bonds is 2. The van der Waals surface area contributed by atoms with E-state index in [9.17, 15) is 5.11 Å². The quantitative estimate of drug-likeness (QED) is 0.738. The van der Waals surface area contributed by atoms with Crippen molar-refractivity contribution in [3.05, 3.63) is 18.1 Å². The molecule has 0 radical (unpaired) electrons. The number of hydrogen-bond acceptors (Lipinski definition) is 5. The van der Waals surface area contributed by atoms with Crippen LogP contribution < -0.4 is 10.6 Å². The molecule has 1 saturated heterocycles. The number of hydrogen-bond donors (Lipinski definition) is 2. The molecule has 1 aromatic heterocycles. The van der Waals surface area contributed by atoms with E-state index in [4.69, 9.17) is 18.0 Å². The van der Waals surface area contributed by atoms with E-state index in [-0.39, 0.29) is 17.0 Å². The molecule has 3 N–H and O–H groups in total. The molecule has 2 atom stereocenters. The number of aliphatic hydroxyl groups excluding tert-OH is 1. The van der Waals surface area contributed by atoms with Crippen molar-refractivity contribution >= 4 is 23.0 Å². The van der Waals surface area contributed by atoms with Crippen LogP contribution in [-0.2, 0) is 0 Å². The largest absolute Gasteiger partial charge is 0.393 e. The average molecular weight is 252 g/mol. The van der Waals surface area contributed by atoms with Gasteiger partial charge >= 0.3 is 0 Å². The molecule has 1 aliphatic rings. The Bertz CT molecular complexity index is 408. The van der Waals surface area contributed by atoms with Crippen LogP contribution in [0.5, 0.6) is 0 Å². The molecule has 0 saturated carbocycles. The van der Waals surface area contributed by atoms with Crippen LogP contribution in [0.15, 0.2) is 12.4 Å². The van der Waals surface area contributed by atoms with Gasteiger partial charge in [-0.3, -0.25) is 0 Å². The van der Waals surface area contributed by atoms with Crippen LogP contribution in [0.25, 0.3) is 0 Å². The van der Waals surface area contributed by atoms with E-state index in [1.165, 1.54) is 0 Å². The van der Waals surface area contributed by atoms with Gasteiger partial charge in [0.15, 0.2) is 0 Å². The number of piperidine rings is 1. The second-order valence-electron chi connectivity index (χ2n) is 4.40. The molecule has 0 bridgehead atoms. The molecule has 1 aromatic rings. The van der Waals surface area contributed by atoms with E-state index in [0.717, 1.165) is 25.3 Å². The molecule has 2 heterocycles. The standard InChI is InChI=1S/C11H16N4OS/c1-7-6-15(3-2-9(7)16)10-5-13-8(4-14-10)11(12)17/h4-5,7,9,16H,2-3,6H2,1H3,(H2,12,17). The first-order valence-corrected chi connectivity index (χ1v) is 6.03. The molecule has 17 heavy (non-hydrogen) atoms. The highest BCUT2D eigenvalue weighted by atomic mass is 32.1. The average Bonchev–Trinajstić information content (AvgIpc) is 2.33. The maximum atomic E-state index is 9.66. The highest BCUT2D eigenvalue weighted by Crippen LogP contribution is 2.20. The Hall–Kier alpha value is -1.27. The normalized spacial score (nSPS) is 24.7. The lowest BCUT2D eigenvalue weighted by Crippen LogP contribution is -2.42. The number of aromatic nitrogens is 2. The number of anilines is 1. The van der Waals surface area contributed by atoms with Crippen LogP contribution in [0.4, 0.5) is 5.82 Å². The molecule has 0 spiro atoms. The van der Waals surface area contributed by atoms with E-state index in [0.29, 0.717) is 5.69 Å². The fourth-order valence-corrected chi connectivity index (χ4v) is 2.06. The Morgan fingerprint density at radius 1 is 1.53 bits per heavy atom. The van der Waals surface area contributed by atoms with Gasteiger partial charge in [0.1, 0.15) is 16.5 Å². The first-order valence-electron chi connectivity index (χ1n) is 5.63. The zero-order valence-electron chi connectivity index (χ0n) is 9.71. The predicted molar refractivity (Wildman–Crippen MR) is 69.9 cm³/mol. The van der Waals surface area contributed by atoms with Gasteiger partial charge in [0.25, 0.3) is 0 Å². The minimum absolute atomic E-state index is 0.213. The second kappa shape index (κ2) is 4.93. The van der Waals surface area contributed by atoms with Crippen LogP contribution in [0, 0.1) is 5.92 Å². The van der Waals surface area contributed by atoms with Crippen LogP contribution in [0.3, 0.4) is 0 Å². The van der Waals surface area contributed by atoms with Crippen molar-refractivity contribution in [1.82, 2.24) is 9.97 Å². The molecule has 2 unspecified atom stereocenters. The molecule has 6 heteroatoms. The first kappa shape index (κ1) is 12.2. The molecule has 2 rings (SSSR count). The van der Waals surface area contributed by atoms with Crippen LogP contribution >= 0.6 is 12.2 Å². The van der Waals surface area contributed by atoms with Gasteiger partial charge < -0.3 is 15.7 Å². The van der Waals surface area contributed by atoms with Gasteiger partial charge in [-0.1, -0.05) is 19.1 Å². The van der Waals surface area contributed by atoms with E-state index >= 15 is 0 Å². The summed E-state index contributed by atoms with van der Waals surface area (Å²) < 4.78 is 0. The summed E-state index contributed by atoms with van der Waals surface area (Å²) in [5, 5.41) is 9.66. The van der Waals surface area contributed by atoms with Crippen LogP contribution in [0.2, 0.25) is 0 Å². The van der Waals surface area contributed by atoms with Crippen molar-refractivity contribution < 1.29 is 5.11 Å². The third-order valence-electron chi connectivity index (χ3n) is 3.07. The summed E-state index contributed by atoms with van der Waals surface area (Å²) in [5.41, 5.74) is 6.00. The Labute approximate surface area is 106 Å². The molecular formula is C11H16N4OS.